The molecular formula is C32H40Cl2F2N2O3S. The molecule has 1 unspecified atom stereocenters. The Kier molecular flexibility index (Phi) is 9.54. The zero-order valence-electron chi connectivity index (χ0n) is 24.6. The molecule has 5 nitrogen and oxygen atoms in total. The molecule has 2 aromatic carbocycles. The lowest BCUT2D eigenvalue weighted by Crippen LogP contribution is -2.65. The van der Waals surface area contributed by atoms with Crippen LogP contribution in [0.4, 0.5) is 8.78 Å². The van der Waals surface area contributed by atoms with Crippen molar-refractivity contribution in [3.05, 3.63) is 82.4 Å². The van der Waals surface area contributed by atoms with Crippen LogP contribution >= 0.6 is 23.2 Å². The number of allylic oxidation sites excluding steroid dienone is 1. The maximum absolute atomic E-state index is 14.8. The molecule has 1 aliphatic heterocycles. The molecule has 2 fully saturated rings. The lowest BCUT2D eigenvalue weighted by atomic mass is 9.66. The average Bonchev–Trinajstić information content (AvgIpc) is 3.38. The Labute approximate surface area is 258 Å². The normalized spacial score (nSPS) is 24.9. The van der Waals surface area contributed by atoms with Crippen molar-refractivity contribution in [3.8, 4) is 0 Å². The highest BCUT2D eigenvalue weighted by Gasteiger charge is 2.58. The van der Waals surface area contributed by atoms with Gasteiger partial charge in [-0.05, 0) is 81.8 Å². The van der Waals surface area contributed by atoms with Gasteiger partial charge in [0.15, 0.2) is 0 Å². The van der Waals surface area contributed by atoms with Gasteiger partial charge in [-0.2, -0.15) is 8.78 Å². The van der Waals surface area contributed by atoms with Crippen molar-refractivity contribution in [2.45, 2.75) is 95.0 Å². The quantitative estimate of drug-likeness (QED) is 0.204. The summed E-state index contributed by atoms with van der Waals surface area (Å²) in [4.78, 5) is 16.6. The second-order valence-corrected chi connectivity index (χ2v) is 16.5. The number of rotatable bonds is 9. The fourth-order valence-corrected chi connectivity index (χ4v) is 8.42. The van der Waals surface area contributed by atoms with Crippen LogP contribution in [0.5, 0.6) is 0 Å². The zero-order chi connectivity index (χ0) is 31.1. The Morgan fingerprint density at radius 2 is 1.69 bits per heavy atom. The van der Waals surface area contributed by atoms with E-state index in [-0.39, 0.29) is 11.8 Å². The number of alkyl halides is 2. The molecule has 0 N–H and O–H groups in total. The first-order valence-electron chi connectivity index (χ1n) is 14.3. The van der Waals surface area contributed by atoms with Gasteiger partial charge in [0.25, 0.3) is 0 Å². The van der Waals surface area contributed by atoms with E-state index in [2.05, 4.69) is 6.58 Å². The van der Waals surface area contributed by atoms with Gasteiger partial charge < -0.3 is 4.90 Å². The van der Waals surface area contributed by atoms with Gasteiger partial charge in [-0.3, -0.25) is 4.79 Å². The van der Waals surface area contributed by atoms with E-state index in [1.165, 1.54) is 20.8 Å². The topological polar surface area (TPSA) is 57.7 Å². The van der Waals surface area contributed by atoms with Gasteiger partial charge in [-0.25, -0.2) is 8.42 Å². The number of likely N-dealkylation sites (tertiary alicyclic amines) is 1. The minimum atomic E-state index is -4.42. The van der Waals surface area contributed by atoms with Crippen molar-refractivity contribution in [2.75, 3.05) is 6.54 Å². The molecule has 4 rings (SSSR count). The van der Waals surface area contributed by atoms with Gasteiger partial charge in [0.05, 0.1) is 21.7 Å². The summed E-state index contributed by atoms with van der Waals surface area (Å²) >= 11 is 12.7. The summed E-state index contributed by atoms with van der Waals surface area (Å²) in [7, 11) is -4.42. The van der Waals surface area contributed by atoms with Crippen LogP contribution in [0, 0.1) is 5.41 Å². The maximum atomic E-state index is 14.8. The Bertz CT molecular complexity index is 1410. The van der Waals surface area contributed by atoms with Crippen molar-refractivity contribution in [1.82, 2.24) is 9.21 Å². The van der Waals surface area contributed by atoms with Crippen LogP contribution in [0.2, 0.25) is 10.0 Å². The van der Waals surface area contributed by atoms with Crippen molar-refractivity contribution in [2.24, 2.45) is 5.41 Å². The summed E-state index contributed by atoms with van der Waals surface area (Å²) in [5.41, 5.74) is -0.343. The molecule has 2 aliphatic rings. The Balaban J connectivity index is 1.99. The highest BCUT2D eigenvalue weighted by atomic mass is 35.5. The SMILES string of the molecule is C=CC[C@@]1(C)C[C@H](c2cccc(Cl)c2)C(c2ccc(Cl)cc2)N(C2(CN(C(F)F)S(=O)(=O)C(C)(C)C)CCCC2)C1=O. The Hall–Kier alpha value is -2.00. The van der Waals surface area contributed by atoms with Crippen molar-refractivity contribution in [1.29, 1.82) is 0 Å². The molecule has 0 bridgehead atoms. The number of carbonyl (C=O) groups excluding carboxylic acids is 1. The number of nitrogens with zero attached hydrogens (tertiary/aromatic N) is 2. The molecular weight excluding hydrogens is 601 g/mol. The third-order valence-electron chi connectivity index (χ3n) is 8.94. The average molecular weight is 642 g/mol. The zero-order valence-corrected chi connectivity index (χ0v) is 27.0. The molecule has 0 radical (unpaired) electrons. The van der Waals surface area contributed by atoms with E-state index >= 15 is 0 Å². The van der Waals surface area contributed by atoms with Crippen molar-refractivity contribution in [3.63, 3.8) is 0 Å². The van der Waals surface area contributed by atoms with E-state index in [0.717, 1.165) is 11.1 Å². The number of sulfonamides is 1. The minimum absolute atomic E-state index is 0.190. The number of amides is 1. The molecule has 2 aromatic rings. The number of carbonyl (C=O) groups is 1. The van der Waals surface area contributed by atoms with E-state index in [0.29, 0.717) is 52.9 Å². The van der Waals surface area contributed by atoms with E-state index in [1.807, 2.05) is 37.3 Å². The van der Waals surface area contributed by atoms with Crippen LogP contribution in [0.25, 0.3) is 0 Å². The van der Waals surface area contributed by atoms with E-state index in [9.17, 15) is 22.0 Å². The predicted octanol–water partition coefficient (Wildman–Crippen LogP) is 8.60. The molecule has 42 heavy (non-hydrogen) atoms. The van der Waals surface area contributed by atoms with Crippen LogP contribution in [-0.2, 0) is 14.8 Å². The maximum Gasteiger partial charge on any atom is 0.307 e. The van der Waals surface area contributed by atoms with E-state index < -0.39 is 44.9 Å². The number of hydrogen-bond acceptors (Lipinski definition) is 3. The van der Waals surface area contributed by atoms with Crippen LogP contribution < -0.4 is 0 Å². The van der Waals surface area contributed by atoms with Gasteiger partial charge in [0, 0.05) is 22.5 Å². The van der Waals surface area contributed by atoms with Gasteiger partial charge >= 0.3 is 6.55 Å². The molecule has 0 spiro atoms. The third-order valence-corrected chi connectivity index (χ3v) is 11.9. The van der Waals surface area contributed by atoms with Crippen molar-refractivity contribution >= 4 is 39.1 Å². The summed E-state index contributed by atoms with van der Waals surface area (Å²) in [6.45, 7) is 6.29. The Morgan fingerprint density at radius 1 is 1.07 bits per heavy atom. The fourth-order valence-electron chi connectivity index (χ4n) is 6.77. The molecule has 3 atom stereocenters. The largest absolute Gasteiger partial charge is 0.328 e. The molecule has 1 heterocycles. The first kappa shape index (κ1) is 32.9. The minimum Gasteiger partial charge on any atom is -0.328 e. The second kappa shape index (κ2) is 12.2. The van der Waals surface area contributed by atoms with Crippen LogP contribution in [0.15, 0.2) is 61.2 Å². The van der Waals surface area contributed by atoms with Crippen LogP contribution in [-0.4, -0.2) is 46.9 Å². The number of piperidine rings is 1. The van der Waals surface area contributed by atoms with Crippen LogP contribution in [0.1, 0.15) is 89.3 Å². The molecule has 1 saturated carbocycles. The summed E-state index contributed by atoms with van der Waals surface area (Å²) in [6.07, 6.45) is 4.73. The lowest BCUT2D eigenvalue weighted by Gasteiger charge is -2.57. The van der Waals surface area contributed by atoms with Gasteiger partial charge in [-0.15, -0.1) is 10.9 Å². The molecule has 1 saturated heterocycles. The molecule has 1 aliphatic carbocycles. The lowest BCUT2D eigenvalue weighted by molar-refractivity contribution is -0.163. The van der Waals surface area contributed by atoms with Crippen LogP contribution in [0.3, 0.4) is 0 Å². The first-order valence-corrected chi connectivity index (χ1v) is 16.5. The molecule has 1 amide bonds. The first-order chi connectivity index (χ1) is 19.6. The number of benzene rings is 2. The molecule has 10 heteroatoms. The highest BCUT2D eigenvalue weighted by molar-refractivity contribution is 7.90. The smallest absolute Gasteiger partial charge is 0.307 e. The van der Waals surface area contributed by atoms with Gasteiger partial charge in [0.1, 0.15) is 0 Å². The second-order valence-electron chi connectivity index (χ2n) is 13.0. The third kappa shape index (κ3) is 6.15. The summed E-state index contributed by atoms with van der Waals surface area (Å²) < 4.78 is 55.4. The Morgan fingerprint density at radius 3 is 2.21 bits per heavy atom. The number of hydrogen-bond donors (Lipinski definition) is 0. The molecule has 0 aromatic heterocycles. The monoisotopic (exact) mass is 640 g/mol. The standard InChI is InChI=1S/C32H40Cl2F2N2O3S/c1-6-16-31(5)20-26(23-10-9-11-25(34)19-23)27(22-12-14-24(33)15-13-22)38(28(31)39)32(17-7-8-18-32)21-37(29(35)36)42(40,41)30(2,3)4/h6,9-15,19,26-27,29H,1,7-8,16-18,20-21H2,2-5H3/t26-,27?,31+/m1/s1. The summed E-state index contributed by atoms with van der Waals surface area (Å²) in [5, 5.41) is 1.07. The summed E-state index contributed by atoms with van der Waals surface area (Å²) in [6, 6.07) is 14.2. The summed E-state index contributed by atoms with van der Waals surface area (Å²) in [5.74, 6) is -0.450. The fraction of sp³-hybridized carbons (Fsp3) is 0.531. The van der Waals surface area contributed by atoms with E-state index in [4.69, 9.17) is 23.2 Å². The molecule has 230 valence electrons. The predicted molar refractivity (Wildman–Crippen MR) is 165 cm³/mol. The highest BCUT2D eigenvalue weighted by Crippen LogP contribution is 2.56. The van der Waals surface area contributed by atoms with Gasteiger partial charge in [0.2, 0.25) is 15.9 Å². The number of halogens is 4. The van der Waals surface area contributed by atoms with Crippen molar-refractivity contribution < 1.29 is 22.0 Å². The van der Waals surface area contributed by atoms with E-state index in [1.54, 1.807) is 29.2 Å². The van der Waals surface area contributed by atoms with Gasteiger partial charge in [-0.1, -0.05) is 73.3 Å².